The predicted molar refractivity (Wildman–Crippen MR) is 159 cm³/mol. The fourth-order valence-electron chi connectivity index (χ4n) is 5.98. The molecule has 41 heavy (non-hydrogen) atoms. The van der Waals surface area contributed by atoms with Gasteiger partial charge in [-0.25, -0.2) is 4.79 Å². The Bertz CT molecular complexity index is 1590. The van der Waals surface area contributed by atoms with E-state index in [4.69, 9.17) is 10.7 Å². The molecule has 1 saturated carbocycles. The van der Waals surface area contributed by atoms with Gasteiger partial charge in [0.15, 0.2) is 16.9 Å². The summed E-state index contributed by atoms with van der Waals surface area (Å²) in [5, 5.41) is 2.92. The van der Waals surface area contributed by atoms with Crippen LogP contribution < -0.4 is 27.2 Å². The van der Waals surface area contributed by atoms with Crippen LogP contribution in [0.2, 0.25) is 0 Å². The number of anilines is 2. The van der Waals surface area contributed by atoms with Gasteiger partial charge in [-0.2, -0.15) is 4.98 Å². The van der Waals surface area contributed by atoms with Gasteiger partial charge in [0.05, 0.1) is 12.2 Å². The first-order valence-electron chi connectivity index (χ1n) is 14.5. The molecule has 2 fully saturated rings. The van der Waals surface area contributed by atoms with Crippen LogP contribution in [0.4, 0.5) is 11.6 Å². The molecule has 1 aromatic carbocycles. The second-order valence-electron chi connectivity index (χ2n) is 11.1. The van der Waals surface area contributed by atoms with Gasteiger partial charge in [0.1, 0.15) is 0 Å². The summed E-state index contributed by atoms with van der Waals surface area (Å²) in [6.45, 7) is 3.16. The molecule has 1 unspecified atom stereocenters. The maximum Gasteiger partial charge on any atom is 0.332 e. The third-order valence-electron chi connectivity index (χ3n) is 8.24. The normalized spacial score (nSPS) is 18.3. The minimum Gasteiger partial charge on any atom is -0.341 e. The Morgan fingerprint density at radius 1 is 1.07 bits per heavy atom. The molecular formula is C30H39N7O4. The second-order valence-corrected chi connectivity index (χ2v) is 11.1. The molecule has 3 aromatic rings. The Morgan fingerprint density at radius 2 is 1.83 bits per heavy atom. The molecule has 11 heteroatoms. The van der Waals surface area contributed by atoms with E-state index in [-0.39, 0.29) is 34.6 Å². The monoisotopic (exact) mass is 561 g/mol. The van der Waals surface area contributed by atoms with Gasteiger partial charge >= 0.3 is 5.69 Å². The second kappa shape index (κ2) is 12.3. The number of benzene rings is 1. The SMILES string of the molecule is CC=CCn1c(N2CCCC(N)C2)nc2c1c(=O)n(CC(=O)c1ccccc1NC(=O)C1CCCCC1)c(=O)n2C. The summed E-state index contributed by atoms with van der Waals surface area (Å²) in [6.07, 6.45) is 10.5. The summed E-state index contributed by atoms with van der Waals surface area (Å²) in [5.41, 5.74) is 6.20. The van der Waals surface area contributed by atoms with Gasteiger partial charge < -0.3 is 20.5 Å². The van der Waals surface area contributed by atoms with Crippen molar-refractivity contribution in [2.75, 3.05) is 23.3 Å². The molecule has 1 amide bonds. The predicted octanol–water partition coefficient (Wildman–Crippen LogP) is 2.80. The highest BCUT2D eigenvalue weighted by molar-refractivity contribution is 6.05. The van der Waals surface area contributed by atoms with Gasteiger partial charge in [0, 0.05) is 44.2 Å². The lowest BCUT2D eigenvalue weighted by Gasteiger charge is -2.31. The molecule has 1 aliphatic carbocycles. The van der Waals surface area contributed by atoms with Crippen LogP contribution >= 0.6 is 0 Å². The van der Waals surface area contributed by atoms with Crippen molar-refractivity contribution in [3.8, 4) is 0 Å². The first-order valence-corrected chi connectivity index (χ1v) is 14.5. The van der Waals surface area contributed by atoms with E-state index in [0.29, 0.717) is 24.7 Å². The molecule has 3 N–H and O–H groups in total. The number of aromatic nitrogens is 4. The van der Waals surface area contributed by atoms with Crippen LogP contribution in [0.3, 0.4) is 0 Å². The Balaban J connectivity index is 1.51. The zero-order valence-corrected chi connectivity index (χ0v) is 23.8. The van der Waals surface area contributed by atoms with Gasteiger partial charge in [0.25, 0.3) is 5.56 Å². The molecule has 218 valence electrons. The first kappa shape index (κ1) is 28.5. The largest absolute Gasteiger partial charge is 0.341 e. The number of allylic oxidation sites excluding steroid dienone is 2. The smallest absolute Gasteiger partial charge is 0.332 e. The van der Waals surface area contributed by atoms with E-state index >= 15 is 0 Å². The van der Waals surface area contributed by atoms with Gasteiger partial charge in [0.2, 0.25) is 11.9 Å². The van der Waals surface area contributed by atoms with Gasteiger partial charge in [-0.1, -0.05) is 43.5 Å². The van der Waals surface area contributed by atoms with Crippen molar-refractivity contribution in [3.63, 3.8) is 0 Å². The van der Waals surface area contributed by atoms with Crippen LogP contribution in [0.5, 0.6) is 0 Å². The molecular weight excluding hydrogens is 522 g/mol. The van der Waals surface area contributed by atoms with Crippen molar-refractivity contribution in [3.05, 3.63) is 62.8 Å². The van der Waals surface area contributed by atoms with Crippen molar-refractivity contribution in [1.82, 2.24) is 18.7 Å². The average molecular weight is 562 g/mol. The van der Waals surface area contributed by atoms with Crippen LogP contribution in [0.1, 0.15) is 62.2 Å². The van der Waals surface area contributed by atoms with Gasteiger partial charge in [-0.3, -0.25) is 23.5 Å². The summed E-state index contributed by atoms with van der Waals surface area (Å²) in [7, 11) is 1.56. The third kappa shape index (κ3) is 5.76. The summed E-state index contributed by atoms with van der Waals surface area (Å²) in [5.74, 6) is -0.0346. The number of amides is 1. The van der Waals surface area contributed by atoms with Crippen LogP contribution in [0.25, 0.3) is 11.2 Å². The molecule has 2 aliphatic rings. The number of nitrogens with two attached hydrogens (primary N) is 1. The number of hydrogen-bond donors (Lipinski definition) is 2. The molecule has 5 rings (SSSR count). The average Bonchev–Trinajstić information content (AvgIpc) is 3.37. The first-order chi connectivity index (χ1) is 19.8. The number of fused-ring (bicyclic) bond motifs is 1. The number of ketones is 1. The number of nitrogens with zero attached hydrogens (tertiary/aromatic N) is 5. The highest BCUT2D eigenvalue weighted by atomic mass is 16.2. The molecule has 0 spiro atoms. The van der Waals surface area contributed by atoms with Gasteiger partial charge in [-0.15, -0.1) is 0 Å². The summed E-state index contributed by atoms with van der Waals surface area (Å²) in [6, 6.07) is 6.74. The van der Waals surface area contributed by atoms with Crippen molar-refractivity contribution >= 4 is 34.5 Å². The van der Waals surface area contributed by atoms with Crippen LogP contribution in [-0.2, 0) is 24.9 Å². The number of nitrogens with one attached hydrogen (secondary N) is 1. The van der Waals surface area contributed by atoms with E-state index in [0.717, 1.165) is 56.1 Å². The summed E-state index contributed by atoms with van der Waals surface area (Å²) < 4.78 is 4.08. The number of carbonyl (C=O) groups is 2. The van der Waals surface area contributed by atoms with Crippen molar-refractivity contribution in [2.45, 2.75) is 71.0 Å². The van der Waals surface area contributed by atoms with Crippen molar-refractivity contribution < 1.29 is 9.59 Å². The highest BCUT2D eigenvalue weighted by Crippen LogP contribution is 2.26. The van der Waals surface area contributed by atoms with E-state index in [9.17, 15) is 19.2 Å². The maximum atomic E-state index is 13.9. The lowest BCUT2D eigenvalue weighted by molar-refractivity contribution is -0.120. The molecule has 0 radical (unpaired) electrons. The Hall–Kier alpha value is -3.99. The number of Topliss-reactive ketones (excluding diaryl/α,β-unsaturated/α-hetero) is 1. The number of imidazole rings is 1. The Labute approximate surface area is 238 Å². The number of piperidine rings is 1. The van der Waals surface area contributed by atoms with Crippen LogP contribution in [0.15, 0.2) is 46.0 Å². The molecule has 2 aromatic heterocycles. The molecule has 1 aliphatic heterocycles. The van der Waals surface area contributed by atoms with Gasteiger partial charge in [-0.05, 0) is 44.7 Å². The lowest BCUT2D eigenvalue weighted by atomic mass is 9.88. The van der Waals surface area contributed by atoms with Crippen LogP contribution in [-0.4, -0.2) is 49.5 Å². The molecule has 1 atom stereocenters. The van der Waals surface area contributed by atoms with Crippen LogP contribution in [0, 0.1) is 5.92 Å². The van der Waals surface area contributed by atoms with E-state index in [2.05, 4.69) is 10.2 Å². The topological polar surface area (TPSA) is 137 Å². The number of hydrogen-bond acceptors (Lipinski definition) is 7. The number of para-hydroxylation sites is 1. The maximum absolute atomic E-state index is 13.9. The number of rotatable bonds is 8. The minimum atomic E-state index is -0.628. The van der Waals surface area contributed by atoms with E-state index in [1.54, 1.807) is 35.9 Å². The fraction of sp³-hybridized carbons (Fsp3) is 0.500. The summed E-state index contributed by atoms with van der Waals surface area (Å²) in [4.78, 5) is 60.6. The quantitative estimate of drug-likeness (QED) is 0.319. The van der Waals surface area contributed by atoms with E-state index < -0.39 is 23.6 Å². The van der Waals surface area contributed by atoms with Crippen molar-refractivity contribution in [2.24, 2.45) is 18.7 Å². The number of carbonyl (C=O) groups excluding carboxylic acids is 2. The Morgan fingerprint density at radius 3 is 2.56 bits per heavy atom. The third-order valence-corrected chi connectivity index (χ3v) is 8.24. The number of aryl methyl sites for hydroxylation is 1. The zero-order valence-electron chi connectivity index (χ0n) is 23.8. The lowest BCUT2D eigenvalue weighted by Crippen LogP contribution is -2.44. The van der Waals surface area contributed by atoms with E-state index in [1.165, 1.54) is 4.57 Å². The molecule has 11 nitrogen and oxygen atoms in total. The standard InChI is InChI=1S/C30H39N7O4/c1-3-4-17-36-25-26(33-29(36)35-16-10-13-21(31)18-35)34(2)30(41)37(28(25)40)19-24(38)22-14-8-9-15-23(22)32-27(39)20-11-6-5-7-12-20/h3-4,8-9,14-15,20-21H,5-7,10-13,16-19,31H2,1-2H3,(H,32,39). The summed E-state index contributed by atoms with van der Waals surface area (Å²) >= 11 is 0. The Kier molecular flexibility index (Phi) is 8.53. The van der Waals surface area contributed by atoms with Crippen molar-refractivity contribution in [1.29, 1.82) is 0 Å². The van der Waals surface area contributed by atoms with E-state index in [1.807, 2.05) is 19.1 Å². The fourth-order valence-corrected chi connectivity index (χ4v) is 5.98. The molecule has 3 heterocycles. The highest BCUT2D eigenvalue weighted by Gasteiger charge is 2.27. The molecule has 0 bridgehead atoms. The minimum absolute atomic E-state index is 0.00417. The zero-order chi connectivity index (χ0) is 29.1. The molecule has 1 saturated heterocycles.